The van der Waals surface area contributed by atoms with Crippen molar-refractivity contribution in [2.75, 3.05) is 18.0 Å². The number of rotatable bonds is 18. The van der Waals surface area contributed by atoms with Gasteiger partial charge in [-0.2, -0.15) is 119 Å². The average molecular weight is 1180 g/mol. The van der Waals surface area contributed by atoms with Crippen molar-refractivity contribution in [2.45, 2.75) is 123 Å². The van der Waals surface area contributed by atoms with Crippen molar-refractivity contribution in [1.29, 1.82) is 0 Å². The molecular weight excluding hydrogens is 1150 g/mol. The SMILES string of the molecule is CC1(C)C(/C=C2/C(=O)C(/C=C3/N(CCC(F)(F)C(F)(F)C(F)(F)C(F)(F)C(F)(F)C(F)(F)F)c4ccc(C(=O)O)cc4C3(C)C)=C2[O-])=[N+](CCC(F)(F)C(F)(F)C(F)(F)C(F)(F)C(F)(F)C(F)(F)F)c2cccc(C(=O)O)c21. The summed E-state index contributed by atoms with van der Waals surface area (Å²) >= 11 is 0. The molecule has 78 heavy (non-hydrogen) atoms. The number of carboxylic acid groups (broad SMARTS) is 2. The van der Waals surface area contributed by atoms with Crippen LogP contribution in [0.5, 0.6) is 0 Å². The normalized spacial score (nSPS) is 19.3. The minimum Gasteiger partial charge on any atom is -0.871 e. The smallest absolute Gasteiger partial charge is 0.460 e. The average Bonchev–Trinajstić information content (AvgIpc) is 3.64. The van der Waals surface area contributed by atoms with Crippen molar-refractivity contribution in [2.24, 2.45) is 0 Å². The van der Waals surface area contributed by atoms with Gasteiger partial charge >= 0.3 is 83.5 Å². The third-order valence-corrected chi connectivity index (χ3v) is 13.1. The standard InChI is InChI=1S/C44H30F26N2O6/c1-31(2)21-14-17(29(75)76)8-9-22(21)71(12-10-33(45,46)35(49,50)37(53,54)39(57,58)41(61,62)43(65,66)67)24(31)15-19-27(73)20(28(19)74)16-25-32(3,4)26-18(30(77)78)6-5-7-23(26)72(25)13-11-34(47,48)36(51,52)38(55,56)40(59,60)42(63,64)44(68,69)70/h5-9,14-16H,10-13H2,1-4H3,(H2-,73,74,75,76,77,78). The minimum absolute atomic E-state index is 0.272. The molecule has 0 aromatic heterocycles. The number of aromatic carboxylic acids is 2. The molecule has 0 saturated carbocycles. The molecule has 34 heteroatoms. The first-order valence-electron chi connectivity index (χ1n) is 21.0. The predicted molar refractivity (Wildman–Crippen MR) is 209 cm³/mol. The van der Waals surface area contributed by atoms with Crippen molar-refractivity contribution in [1.82, 2.24) is 0 Å². The molecule has 2 heterocycles. The Morgan fingerprint density at radius 1 is 0.590 bits per heavy atom. The molecule has 0 atom stereocenters. The first-order chi connectivity index (χ1) is 34.6. The van der Waals surface area contributed by atoms with Crippen LogP contribution in [0.25, 0.3) is 0 Å². The Bertz CT molecular complexity index is 2960. The number of carboxylic acids is 2. The molecule has 2 aromatic carbocycles. The Morgan fingerprint density at radius 2 is 1.04 bits per heavy atom. The molecule has 1 aliphatic carbocycles. The molecule has 0 radical (unpaired) electrons. The van der Waals surface area contributed by atoms with Crippen molar-refractivity contribution in [3.63, 3.8) is 0 Å². The number of ketones is 1. The first-order valence-corrected chi connectivity index (χ1v) is 21.0. The van der Waals surface area contributed by atoms with Crippen molar-refractivity contribution >= 4 is 34.8 Å². The fourth-order valence-corrected chi connectivity index (χ4v) is 8.60. The van der Waals surface area contributed by atoms with Crippen LogP contribution in [0.15, 0.2) is 71.2 Å². The lowest BCUT2D eigenvalue weighted by Crippen LogP contribution is -2.70. The van der Waals surface area contributed by atoms with Crippen molar-refractivity contribution < 1.29 is 148 Å². The molecule has 5 rings (SSSR count). The number of nitrogens with zero attached hydrogens (tertiary/aromatic N) is 2. The van der Waals surface area contributed by atoms with Crippen LogP contribution >= 0.6 is 0 Å². The molecule has 0 spiro atoms. The monoisotopic (exact) mass is 1180 g/mol. The third kappa shape index (κ3) is 8.68. The number of benzene rings is 2. The Balaban J connectivity index is 1.65. The number of hydrogen-bond acceptors (Lipinski definition) is 5. The summed E-state index contributed by atoms with van der Waals surface area (Å²) in [6.07, 6.45) is -20.5. The summed E-state index contributed by atoms with van der Waals surface area (Å²) in [6, 6.07) is 4.52. The number of carbonyl (C=O) groups is 3. The lowest BCUT2D eigenvalue weighted by Gasteiger charge is -2.40. The van der Waals surface area contributed by atoms with Gasteiger partial charge in [0.1, 0.15) is 0 Å². The highest BCUT2D eigenvalue weighted by molar-refractivity contribution is 6.24. The number of Topliss-reactive ketones (excluding diaryl/α,β-unsaturated/α-hetero) is 1. The zero-order valence-electron chi connectivity index (χ0n) is 38.7. The van der Waals surface area contributed by atoms with Gasteiger partial charge in [0.05, 0.1) is 28.5 Å². The number of hydrogen-bond donors (Lipinski definition) is 2. The minimum atomic E-state index is -8.29. The summed E-state index contributed by atoms with van der Waals surface area (Å²) in [4.78, 5) is 38.2. The third-order valence-electron chi connectivity index (χ3n) is 13.1. The predicted octanol–water partition coefficient (Wildman–Crippen LogP) is 12.5. The van der Waals surface area contributed by atoms with E-state index in [1.165, 1.54) is 0 Å². The van der Waals surface area contributed by atoms with E-state index in [1.807, 2.05) is 0 Å². The summed E-state index contributed by atoms with van der Waals surface area (Å²) in [5.74, 6) is -85.0. The summed E-state index contributed by atoms with van der Waals surface area (Å²) in [6.45, 7) is 0.0458. The molecule has 0 bridgehead atoms. The fraction of sp³-hybridized carbons (Fsp3) is 0.500. The molecule has 2 aliphatic heterocycles. The van der Waals surface area contributed by atoms with E-state index in [9.17, 15) is 126 Å². The lowest BCUT2D eigenvalue weighted by atomic mass is 9.76. The highest BCUT2D eigenvalue weighted by Gasteiger charge is 2.92. The Labute approximate surface area is 417 Å². The van der Waals surface area contributed by atoms with Crippen LogP contribution < -0.4 is 10.0 Å². The van der Waals surface area contributed by atoms with E-state index < -0.39 is 182 Å². The molecule has 0 fully saturated rings. The molecule has 0 saturated heterocycles. The van der Waals surface area contributed by atoms with Gasteiger partial charge in [-0.25, -0.2) is 9.59 Å². The summed E-state index contributed by atoms with van der Waals surface area (Å²) < 4.78 is 364. The molecule has 0 amide bonds. The number of alkyl halides is 26. The fourth-order valence-electron chi connectivity index (χ4n) is 8.60. The van der Waals surface area contributed by atoms with Crippen LogP contribution in [0, 0.1) is 0 Å². The maximum atomic E-state index is 15.2. The molecule has 434 valence electrons. The Kier molecular flexibility index (Phi) is 14.5. The topological polar surface area (TPSA) is 121 Å². The van der Waals surface area contributed by atoms with E-state index in [0.717, 1.165) is 52.0 Å². The van der Waals surface area contributed by atoms with Gasteiger partial charge < -0.3 is 20.2 Å². The van der Waals surface area contributed by atoms with E-state index in [4.69, 9.17) is 0 Å². The van der Waals surface area contributed by atoms with Crippen LogP contribution in [0.3, 0.4) is 0 Å². The summed E-state index contributed by atoms with van der Waals surface area (Å²) in [5, 5.41) is 33.3. The van der Waals surface area contributed by atoms with Gasteiger partial charge in [0, 0.05) is 53.1 Å². The summed E-state index contributed by atoms with van der Waals surface area (Å²) in [5.41, 5.74) is -11.8. The van der Waals surface area contributed by atoms with Crippen molar-refractivity contribution in [3.8, 4) is 0 Å². The van der Waals surface area contributed by atoms with E-state index in [-0.39, 0.29) is 10.1 Å². The largest absolute Gasteiger partial charge is 0.871 e. The maximum Gasteiger partial charge on any atom is 0.460 e. The second-order valence-electron chi connectivity index (χ2n) is 18.6. The quantitative estimate of drug-likeness (QED) is 0.0866. The van der Waals surface area contributed by atoms with Crippen LogP contribution in [0.1, 0.15) is 72.4 Å². The highest BCUT2D eigenvalue weighted by Crippen LogP contribution is 2.63. The van der Waals surface area contributed by atoms with Gasteiger partial charge in [0.25, 0.3) is 0 Å². The number of fused-ring (bicyclic) bond motifs is 2. The van der Waals surface area contributed by atoms with Gasteiger partial charge in [0.15, 0.2) is 18.0 Å². The van der Waals surface area contributed by atoms with Gasteiger partial charge in [-0.15, -0.1) is 0 Å². The van der Waals surface area contributed by atoms with E-state index in [1.54, 1.807) is 0 Å². The molecular formula is C44H30F26N2O6. The van der Waals surface area contributed by atoms with Gasteiger partial charge in [-0.05, 0) is 49.8 Å². The molecule has 2 N–H and O–H groups in total. The van der Waals surface area contributed by atoms with Crippen molar-refractivity contribution in [3.05, 3.63) is 93.4 Å². The zero-order chi connectivity index (χ0) is 60.7. The Morgan fingerprint density at radius 3 is 1.46 bits per heavy atom. The summed E-state index contributed by atoms with van der Waals surface area (Å²) in [7, 11) is 0. The number of halogens is 26. The van der Waals surface area contributed by atoms with Crippen LogP contribution in [0.2, 0.25) is 0 Å². The molecule has 8 nitrogen and oxygen atoms in total. The van der Waals surface area contributed by atoms with E-state index in [0.29, 0.717) is 29.2 Å². The molecule has 2 aromatic rings. The van der Waals surface area contributed by atoms with Crippen LogP contribution in [-0.2, 0) is 15.6 Å². The number of allylic oxidation sites excluding steroid dienone is 5. The second-order valence-corrected chi connectivity index (χ2v) is 18.6. The lowest BCUT2D eigenvalue weighted by molar-refractivity contribution is -0.461. The maximum absolute atomic E-state index is 15.2. The van der Waals surface area contributed by atoms with E-state index in [2.05, 4.69) is 0 Å². The van der Waals surface area contributed by atoms with Crippen LogP contribution in [-0.4, -0.2) is 123 Å². The second kappa shape index (κ2) is 18.1. The molecule has 0 unspecified atom stereocenters. The van der Waals surface area contributed by atoms with Gasteiger partial charge in [0.2, 0.25) is 5.69 Å². The van der Waals surface area contributed by atoms with E-state index >= 15 is 17.6 Å². The number of anilines is 1. The molecule has 3 aliphatic rings. The van der Waals surface area contributed by atoms with Gasteiger partial charge in [-0.1, -0.05) is 25.7 Å². The number of carbonyl (C=O) groups excluding carboxylic acids is 1. The van der Waals surface area contributed by atoms with Crippen LogP contribution in [0.4, 0.5) is 126 Å². The first kappa shape index (κ1) is 62.6. The zero-order valence-corrected chi connectivity index (χ0v) is 38.7. The Hall–Kier alpha value is -6.28. The van der Waals surface area contributed by atoms with Gasteiger partial charge in [-0.3, -0.25) is 4.79 Å². The highest BCUT2D eigenvalue weighted by atomic mass is 19.4.